The van der Waals surface area contributed by atoms with Gasteiger partial charge in [-0.25, -0.2) is 0 Å². The number of nitrogens with zero attached hydrogens (tertiary/aromatic N) is 2. The van der Waals surface area contributed by atoms with Gasteiger partial charge in [0.2, 0.25) is 5.91 Å². The van der Waals surface area contributed by atoms with Gasteiger partial charge in [0.25, 0.3) is 0 Å². The molecule has 1 unspecified atom stereocenters. The van der Waals surface area contributed by atoms with Crippen LogP contribution < -0.4 is 0 Å². The third kappa shape index (κ3) is 4.91. The first-order chi connectivity index (χ1) is 11.2. The Morgan fingerprint density at radius 1 is 1.13 bits per heavy atom. The van der Waals surface area contributed by atoms with Crippen LogP contribution in [-0.2, 0) is 19.1 Å². The van der Waals surface area contributed by atoms with Crippen LogP contribution in [0.15, 0.2) is 0 Å². The Morgan fingerprint density at radius 3 is 2.35 bits per heavy atom. The second kappa shape index (κ2) is 9.23. The SMILES string of the molecule is CCCC(C(=O)OCC)N1CCC(C(=O)N2CCOCC2)CC1. The quantitative estimate of drug-likeness (QED) is 0.689. The van der Waals surface area contributed by atoms with Crippen LogP contribution in [0.25, 0.3) is 0 Å². The lowest BCUT2D eigenvalue weighted by Gasteiger charge is -2.38. The Labute approximate surface area is 139 Å². The van der Waals surface area contributed by atoms with Crippen molar-refractivity contribution in [1.82, 2.24) is 9.80 Å². The fraction of sp³-hybridized carbons (Fsp3) is 0.882. The molecule has 0 N–H and O–H groups in total. The van der Waals surface area contributed by atoms with E-state index in [1.807, 2.05) is 11.8 Å². The van der Waals surface area contributed by atoms with E-state index < -0.39 is 0 Å². The number of hydrogen-bond donors (Lipinski definition) is 0. The van der Waals surface area contributed by atoms with Crippen LogP contribution in [0.3, 0.4) is 0 Å². The predicted octanol–water partition coefficient (Wildman–Crippen LogP) is 1.29. The summed E-state index contributed by atoms with van der Waals surface area (Å²) in [5.74, 6) is 0.234. The molecule has 0 radical (unpaired) electrons. The number of amides is 1. The zero-order valence-electron chi connectivity index (χ0n) is 14.5. The van der Waals surface area contributed by atoms with Gasteiger partial charge in [-0.15, -0.1) is 0 Å². The number of morpholine rings is 1. The van der Waals surface area contributed by atoms with Gasteiger partial charge in [-0.3, -0.25) is 14.5 Å². The molecule has 0 aliphatic carbocycles. The first-order valence-electron chi connectivity index (χ1n) is 8.94. The van der Waals surface area contributed by atoms with Gasteiger partial charge in [-0.1, -0.05) is 13.3 Å². The Bertz CT molecular complexity index is 388. The zero-order chi connectivity index (χ0) is 16.7. The number of piperidine rings is 1. The molecule has 6 heteroatoms. The fourth-order valence-corrected chi connectivity index (χ4v) is 3.46. The first-order valence-corrected chi connectivity index (χ1v) is 8.94. The lowest BCUT2D eigenvalue weighted by molar-refractivity contribution is -0.151. The number of carbonyl (C=O) groups excluding carboxylic acids is 2. The molecular formula is C17H30N2O4. The van der Waals surface area contributed by atoms with E-state index in [9.17, 15) is 9.59 Å². The Balaban J connectivity index is 1.85. The monoisotopic (exact) mass is 326 g/mol. The van der Waals surface area contributed by atoms with Crippen molar-refractivity contribution in [2.75, 3.05) is 46.0 Å². The summed E-state index contributed by atoms with van der Waals surface area (Å²) in [4.78, 5) is 28.8. The molecule has 1 amide bonds. The minimum absolute atomic E-state index is 0.0915. The molecule has 2 aliphatic heterocycles. The molecule has 132 valence electrons. The van der Waals surface area contributed by atoms with Crippen LogP contribution in [0.2, 0.25) is 0 Å². The van der Waals surface area contributed by atoms with Crippen molar-refractivity contribution in [3.63, 3.8) is 0 Å². The highest BCUT2D eigenvalue weighted by Crippen LogP contribution is 2.23. The number of carbonyl (C=O) groups is 2. The normalized spacial score (nSPS) is 21.9. The van der Waals surface area contributed by atoms with Gasteiger partial charge >= 0.3 is 5.97 Å². The molecule has 2 aliphatic rings. The molecule has 0 aromatic rings. The number of likely N-dealkylation sites (tertiary alicyclic amines) is 1. The minimum Gasteiger partial charge on any atom is -0.465 e. The van der Waals surface area contributed by atoms with E-state index >= 15 is 0 Å². The molecule has 1 atom stereocenters. The summed E-state index contributed by atoms with van der Waals surface area (Å²) in [6.45, 7) is 8.65. The maximum absolute atomic E-state index is 12.6. The van der Waals surface area contributed by atoms with E-state index in [-0.39, 0.29) is 23.8 Å². The van der Waals surface area contributed by atoms with Crippen molar-refractivity contribution in [3.05, 3.63) is 0 Å². The first kappa shape index (κ1) is 18.2. The van der Waals surface area contributed by atoms with Gasteiger partial charge in [0.15, 0.2) is 0 Å². The molecule has 0 bridgehead atoms. The smallest absolute Gasteiger partial charge is 0.323 e. The number of esters is 1. The third-order valence-corrected chi connectivity index (χ3v) is 4.76. The summed E-state index contributed by atoms with van der Waals surface area (Å²) >= 11 is 0. The van der Waals surface area contributed by atoms with Crippen LogP contribution in [-0.4, -0.2) is 73.7 Å². The van der Waals surface area contributed by atoms with Gasteiger partial charge in [-0.2, -0.15) is 0 Å². The van der Waals surface area contributed by atoms with Crippen LogP contribution >= 0.6 is 0 Å². The van der Waals surface area contributed by atoms with E-state index in [1.54, 1.807) is 0 Å². The van der Waals surface area contributed by atoms with Crippen molar-refractivity contribution in [2.45, 2.75) is 45.6 Å². The zero-order valence-corrected chi connectivity index (χ0v) is 14.5. The predicted molar refractivity (Wildman–Crippen MR) is 87.0 cm³/mol. The van der Waals surface area contributed by atoms with Crippen molar-refractivity contribution in [3.8, 4) is 0 Å². The minimum atomic E-state index is -0.153. The van der Waals surface area contributed by atoms with E-state index in [0.29, 0.717) is 32.9 Å². The summed E-state index contributed by atoms with van der Waals surface area (Å²) in [5.41, 5.74) is 0. The Hall–Kier alpha value is -1.14. The van der Waals surface area contributed by atoms with E-state index in [0.717, 1.165) is 38.8 Å². The topological polar surface area (TPSA) is 59.1 Å². The molecule has 6 nitrogen and oxygen atoms in total. The Morgan fingerprint density at radius 2 is 1.78 bits per heavy atom. The van der Waals surface area contributed by atoms with Crippen LogP contribution in [0.5, 0.6) is 0 Å². The largest absolute Gasteiger partial charge is 0.465 e. The molecule has 2 saturated heterocycles. The van der Waals surface area contributed by atoms with E-state index in [4.69, 9.17) is 9.47 Å². The molecule has 2 fully saturated rings. The molecular weight excluding hydrogens is 296 g/mol. The van der Waals surface area contributed by atoms with Crippen LogP contribution in [0.4, 0.5) is 0 Å². The number of rotatable bonds is 6. The van der Waals surface area contributed by atoms with Crippen molar-refractivity contribution >= 4 is 11.9 Å². The lowest BCUT2D eigenvalue weighted by Crippen LogP contribution is -2.50. The Kier molecular flexibility index (Phi) is 7.30. The van der Waals surface area contributed by atoms with Gasteiger partial charge in [0, 0.05) is 19.0 Å². The fourth-order valence-electron chi connectivity index (χ4n) is 3.46. The highest BCUT2D eigenvalue weighted by Gasteiger charge is 2.34. The highest BCUT2D eigenvalue weighted by molar-refractivity contribution is 5.79. The molecule has 23 heavy (non-hydrogen) atoms. The van der Waals surface area contributed by atoms with E-state index in [2.05, 4.69) is 11.8 Å². The van der Waals surface area contributed by atoms with Crippen LogP contribution in [0.1, 0.15) is 39.5 Å². The molecule has 2 rings (SSSR count). The summed E-state index contributed by atoms with van der Waals surface area (Å²) in [5, 5.41) is 0. The van der Waals surface area contributed by atoms with Crippen LogP contribution in [0, 0.1) is 5.92 Å². The summed E-state index contributed by atoms with van der Waals surface area (Å²) in [7, 11) is 0. The molecule has 0 aromatic carbocycles. The third-order valence-electron chi connectivity index (χ3n) is 4.76. The second-order valence-electron chi connectivity index (χ2n) is 6.30. The molecule has 0 aromatic heterocycles. The molecule has 2 heterocycles. The van der Waals surface area contributed by atoms with E-state index in [1.165, 1.54) is 0 Å². The highest BCUT2D eigenvalue weighted by atomic mass is 16.5. The average molecular weight is 326 g/mol. The molecule has 0 spiro atoms. The second-order valence-corrected chi connectivity index (χ2v) is 6.30. The van der Waals surface area contributed by atoms with Crippen molar-refractivity contribution in [1.29, 1.82) is 0 Å². The van der Waals surface area contributed by atoms with Gasteiger partial charge < -0.3 is 14.4 Å². The van der Waals surface area contributed by atoms with Crippen molar-refractivity contribution < 1.29 is 19.1 Å². The van der Waals surface area contributed by atoms with Gasteiger partial charge in [-0.05, 0) is 39.3 Å². The standard InChI is InChI=1S/C17H30N2O4/c1-3-5-15(17(21)23-4-2)18-8-6-14(7-9-18)16(20)19-10-12-22-13-11-19/h14-15H,3-13H2,1-2H3. The number of hydrogen-bond acceptors (Lipinski definition) is 5. The maximum Gasteiger partial charge on any atom is 0.323 e. The average Bonchev–Trinajstić information content (AvgIpc) is 2.60. The number of ether oxygens (including phenoxy) is 2. The summed E-state index contributed by atoms with van der Waals surface area (Å²) in [6.07, 6.45) is 3.43. The summed E-state index contributed by atoms with van der Waals surface area (Å²) < 4.78 is 10.5. The lowest BCUT2D eigenvalue weighted by atomic mass is 9.93. The van der Waals surface area contributed by atoms with Gasteiger partial charge in [0.05, 0.1) is 19.8 Å². The maximum atomic E-state index is 12.6. The molecule has 0 saturated carbocycles. The summed E-state index contributed by atoms with van der Waals surface area (Å²) in [6, 6.07) is -0.153. The van der Waals surface area contributed by atoms with Crippen molar-refractivity contribution in [2.24, 2.45) is 5.92 Å². The van der Waals surface area contributed by atoms with Gasteiger partial charge in [0.1, 0.15) is 6.04 Å².